The second kappa shape index (κ2) is 7.23. The molecule has 8 heteroatoms. The number of halogens is 1. The minimum atomic E-state index is -0.502. The van der Waals surface area contributed by atoms with Gasteiger partial charge in [0.2, 0.25) is 0 Å². The van der Waals surface area contributed by atoms with E-state index in [-0.39, 0.29) is 11.6 Å². The average Bonchev–Trinajstić information content (AvgIpc) is 2.97. The Hall–Kier alpha value is -2.15. The number of nitrogens with one attached hydrogen (secondary N) is 1. The number of aryl methyl sites for hydroxylation is 1. The number of aromatic nitrogens is 4. The van der Waals surface area contributed by atoms with Crippen LogP contribution < -0.4 is 5.32 Å². The fourth-order valence-corrected chi connectivity index (χ4v) is 3.07. The first-order chi connectivity index (χ1) is 12.2. The second-order valence-electron chi connectivity index (χ2n) is 7.73. The van der Waals surface area contributed by atoms with Gasteiger partial charge in [-0.1, -0.05) is 11.6 Å². The van der Waals surface area contributed by atoms with Crippen molar-refractivity contribution < 1.29 is 9.53 Å². The number of carbonyl (C=O) groups is 1. The van der Waals surface area contributed by atoms with E-state index in [1.165, 1.54) is 4.80 Å². The normalized spacial score (nSPS) is 16.0. The van der Waals surface area contributed by atoms with Gasteiger partial charge < -0.3 is 10.1 Å². The van der Waals surface area contributed by atoms with Gasteiger partial charge >= 0.3 is 6.09 Å². The van der Waals surface area contributed by atoms with E-state index in [1.807, 2.05) is 32.9 Å². The fourth-order valence-electron chi connectivity index (χ4n) is 2.94. The Kier molecular flexibility index (Phi) is 5.18. The highest BCUT2D eigenvalue weighted by molar-refractivity contribution is 6.30. The van der Waals surface area contributed by atoms with E-state index in [2.05, 4.69) is 20.7 Å². The van der Waals surface area contributed by atoms with Crippen molar-refractivity contribution in [2.75, 3.05) is 0 Å². The van der Waals surface area contributed by atoms with Gasteiger partial charge in [0.15, 0.2) is 5.82 Å². The summed E-state index contributed by atoms with van der Waals surface area (Å²) >= 11 is 5.90. The van der Waals surface area contributed by atoms with Crippen LogP contribution in [0, 0.1) is 0 Å². The fraction of sp³-hybridized carbons (Fsp3) is 0.556. The summed E-state index contributed by atoms with van der Waals surface area (Å²) in [6.07, 6.45) is 4.02. The molecule has 1 aromatic carbocycles. The molecule has 2 aromatic rings. The minimum Gasteiger partial charge on any atom is -0.444 e. The SMILES string of the molecule is CC(C)(C)OC(=O)NC1(CCc2nnn(-c3ccc(Cl)cc3)n2)CCC1. The van der Waals surface area contributed by atoms with E-state index in [9.17, 15) is 4.79 Å². The van der Waals surface area contributed by atoms with Crippen molar-refractivity contribution in [3.8, 4) is 5.69 Å². The average molecular weight is 378 g/mol. The first-order valence-corrected chi connectivity index (χ1v) is 9.19. The molecule has 0 spiro atoms. The molecule has 1 saturated carbocycles. The van der Waals surface area contributed by atoms with Crippen LogP contribution in [-0.4, -0.2) is 37.4 Å². The van der Waals surface area contributed by atoms with Crippen LogP contribution >= 0.6 is 11.6 Å². The number of rotatable bonds is 5. The summed E-state index contributed by atoms with van der Waals surface area (Å²) in [5.74, 6) is 0.650. The molecular weight excluding hydrogens is 354 g/mol. The van der Waals surface area contributed by atoms with Gasteiger partial charge in [-0.2, -0.15) is 0 Å². The maximum Gasteiger partial charge on any atom is 0.408 e. The molecule has 0 aliphatic heterocycles. The largest absolute Gasteiger partial charge is 0.444 e. The molecule has 1 aliphatic rings. The molecule has 1 aliphatic carbocycles. The third-order valence-corrected chi connectivity index (χ3v) is 4.67. The lowest BCUT2D eigenvalue weighted by Crippen LogP contribution is -2.54. The quantitative estimate of drug-likeness (QED) is 0.859. The predicted molar refractivity (Wildman–Crippen MR) is 98.4 cm³/mol. The van der Waals surface area contributed by atoms with Gasteiger partial charge in [0.05, 0.1) is 5.69 Å². The number of tetrazole rings is 1. The van der Waals surface area contributed by atoms with E-state index in [0.717, 1.165) is 31.4 Å². The first-order valence-electron chi connectivity index (χ1n) is 8.81. The number of amides is 1. The lowest BCUT2D eigenvalue weighted by molar-refractivity contribution is 0.0370. The van der Waals surface area contributed by atoms with Crippen molar-refractivity contribution in [3.05, 3.63) is 35.1 Å². The Bertz CT molecular complexity index is 763. The smallest absolute Gasteiger partial charge is 0.408 e. The van der Waals surface area contributed by atoms with Crippen molar-refractivity contribution in [3.63, 3.8) is 0 Å². The van der Waals surface area contributed by atoms with Gasteiger partial charge in [0.1, 0.15) is 5.60 Å². The van der Waals surface area contributed by atoms with Crippen LogP contribution in [0.3, 0.4) is 0 Å². The molecule has 1 heterocycles. The molecule has 0 saturated heterocycles. The highest BCUT2D eigenvalue weighted by atomic mass is 35.5. The Morgan fingerprint density at radius 1 is 1.31 bits per heavy atom. The third kappa shape index (κ3) is 4.72. The van der Waals surface area contributed by atoms with E-state index in [1.54, 1.807) is 12.1 Å². The van der Waals surface area contributed by atoms with Gasteiger partial charge in [-0.15, -0.1) is 15.0 Å². The van der Waals surface area contributed by atoms with Gasteiger partial charge in [0.25, 0.3) is 0 Å². The van der Waals surface area contributed by atoms with Crippen LogP contribution in [0.4, 0.5) is 4.79 Å². The molecule has 0 atom stereocenters. The Morgan fingerprint density at radius 3 is 2.58 bits per heavy atom. The highest BCUT2D eigenvalue weighted by Gasteiger charge is 2.39. The number of hydrogen-bond donors (Lipinski definition) is 1. The van der Waals surface area contributed by atoms with E-state index in [4.69, 9.17) is 16.3 Å². The van der Waals surface area contributed by atoms with Crippen molar-refractivity contribution in [1.82, 2.24) is 25.5 Å². The van der Waals surface area contributed by atoms with E-state index < -0.39 is 5.60 Å². The van der Waals surface area contributed by atoms with Gasteiger partial charge in [0, 0.05) is 17.0 Å². The zero-order chi connectivity index (χ0) is 18.8. The number of carbonyl (C=O) groups excluding carboxylic acids is 1. The molecule has 140 valence electrons. The van der Waals surface area contributed by atoms with E-state index in [0.29, 0.717) is 17.3 Å². The number of alkyl carbamates (subject to hydrolysis) is 1. The van der Waals surface area contributed by atoms with Crippen LogP contribution in [0.1, 0.15) is 52.3 Å². The Labute approximate surface area is 158 Å². The third-order valence-electron chi connectivity index (χ3n) is 4.42. The van der Waals surface area contributed by atoms with Crippen molar-refractivity contribution in [2.24, 2.45) is 0 Å². The molecule has 1 fully saturated rings. The molecule has 1 amide bonds. The molecule has 0 radical (unpaired) electrons. The monoisotopic (exact) mass is 377 g/mol. The molecule has 0 bridgehead atoms. The number of hydrogen-bond acceptors (Lipinski definition) is 5. The maximum atomic E-state index is 12.1. The zero-order valence-corrected chi connectivity index (χ0v) is 16.1. The summed E-state index contributed by atoms with van der Waals surface area (Å²) in [5.41, 5.74) is 0.0738. The summed E-state index contributed by atoms with van der Waals surface area (Å²) in [6, 6.07) is 7.25. The van der Waals surface area contributed by atoms with Crippen LogP contribution in [0.15, 0.2) is 24.3 Å². The van der Waals surface area contributed by atoms with Gasteiger partial charge in [-0.25, -0.2) is 4.79 Å². The summed E-state index contributed by atoms with van der Waals surface area (Å²) < 4.78 is 5.38. The maximum absolute atomic E-state index is 12.1. The Balaban J connectivity index is 1.59. The van der Waals surface area contributed by atoms with Crippen molar-refractivity contribution >= 4 is 17.7 Å². The predicted octanol–water partition coefficient (Wildman–Crippen LogP) is 3.70. The highest BCUT2D eigenvalue weighted by Crippen LogP contribution is 2.36. The zero-order valence-electron chi connectivity index (χ0n) is 15.3. The summed E-state index contributed by atoms with van der Waals surface area (Å²) in [5, 5.41) is 16.3. The number of nitrogens with zero attached hydrogens (tertiary/aromatic N) is 4. The summed E-state index contributed by atoms with van der Waals surface area (Å²) in [6.45, 7) is 5.58. The number of ether oxygens (including phenoxy) is 1. The van der Waals surface area contributed by atoms with Gasteiger partial charge in [-0.3, -0.25) is 0 Å². The first kappa shape index (κ1) is 18.6. The molecule has 0 unspecified atom stereocenters. The standard InChI is InChI=1S/C18H24ClN5O2/c1-17(2,3)26-16(25)20-18(10-4-11-18)12-9-15-21-23-24(22-15)14-7-5-13(19)6-8-14/h5-8H,4,9-12H2,1-3H3,(H,20,25). The van der Waals surface area contributed by atoms with E-state index >= 15 is 0 Å². The second-order valence-corrected chi connectivity index (χ2v) is 8.17. The van der Waals surface area contributed by atoms with Crippen LogP contribution in [0.5, 0.6) is 0 Å². The van der Waals surface area contributed by atoms with Crippen molar-refractivity contribution in [2.45, 2.75) is 64.0 Å². The minimum absolute atomic E-state index is 0.228. The summed E-state index contributed by atoms with van der Waals surface area (Å²) in [4.78, 5) is 13.6. The molecular formula is C18H24ClN5O2. The topological polar surface area (TPSA) is 81.9 Å². The van der Waals surface area contributed by atoms with Crippen LogP contribution in [0.2, 0.25) is 5.02 Å². The van der Waals surface area contributed by atoms with Crippen molar-refractivity contribution in [1.29, 1.82) is 0 Å². The molecule has 26 heavy (non-hydrogen) atoms. The number of benzene rings is 1. The Morgan fingerprint density at radius 2 is 2.00 bits per heavy atom. The van der Waals surface area contributed by atoms with Crippen LogP contribution in [0.25, 0.3) is 5.69 Å². The van der Waals surface area contributed by atoms with Crippen LogP contribution in [-0.2, 0) is 11.2 Å². The molecule has 1 N–H and O–H groups in total. The lowest BCUT2D eigenvalue weighted by Gasteiger charge is -2.42. The lowest BCUT2D eigenvalue weighted by atomic mass is 9.73. The van der Waals surface area contributed by atoms with Gasteiger partial charge in [-0.05, 0) is 75.9 Å². The summed E-state index contributed by atoms with van der Waals surface area (Å²) in [7, 11) is 0. The molecule has 1 aromatic heterocycles. The molecule has 7 nitrogen and oxygen atoms in total. The molecule has 3 rings (SSSR count).